The van der Waals surface area contributed by atoms with Crippen LogP contribution in [-0.4, -0.2) is 27.5 Å². The molecule has 0 aromatic heterocycles. The Morgan fingerprint density at radius 2 is 1.92 bits per heavy atom. The molecule has 4 N–H and O–H groups in total. The number of nitrogens with zero attached hydrogens (tertiary/aromatic N) is 1. The first-order valence-corrected chi connectivity index (χ1v) is 9.66. The van der Waals surface area contributed by atoms with E-state index in [0.29, 0.717) is 6.54 Å². The summed E-state index contributed by atoms with van der Waals surface area (Å²) in [6.07, 6.45) is 4.78. The van der Waals surface area contributed by atoms with Crippen molar-refractivity contribution < 1.29 is 8.42 Å². The number of guanidine groups is 1. The van der Waals surface area contributed by atoms with Gasteiger partial charge in [0.05, 0.1) is 11.4 Å². The van der Waals surface area contributed by atoms with Gasteiger partial charge in [0.2, 0.25) is 10.0 Å². The van der Waals surface area contributed by atoms with Gasteiger partial charge in [-0.3, -0.25) is 0 Å². The summed E-state index contributed by atoms with van der Waals surface area (Å²) in [7, 11) is -3.68. The number of nitrogens with two attached hydrogens (primary N) is 1. The summed E-state index contributed by atoms with van der Waals surface area (Å²) in [5.74, 6) is 0.741. The van der Waals surface area contributed by atoms with Crippen LogP contribution in [0.15, 0.2) is 34.2 Å². The quantitative estimate of drug-likeness (QED) is 0.225. The summed E-state index contributed by atoms with van der Waals surface area (Å²) in [5, 5.41) is 11.6. The average molecular weight is 468 g/mol. The Balaban J connectivity index is 0.00000529. The van der Waals surface area contributed by atoms with Crippen molar-refractivity contribution in [3.63, 3.8) is 0 Å². The topological polar surface area (TPSA) is 96.6 Å². The Hall–Kier alpha value is -0.870. The fourth-order valence-corrected chi connectivity index (χ4v) is 2.68. The molecular weight excluding hydrogens is 439 g/mol. The van der Waals surface area contributed by atoms with Gasteiger partial charge in [-0.2, -0.15) is 0 Å². The maximum atomic E-state index is 11.4. The number of halogens is 1. The summed E-state index contributed by atoms with van der Waals surface area (Å²) in [5.41, 5.74) is 0.805. The zero-order chi connectivity index (χ0) is 17.1. The second kappa shape index (κ2) is 12.5. The standard InChI is InChI=1S/C16H28N4O2S.HI/c1-3-5-6-7-11-19-16(18-4-2)20-13-14-9-8-10-15(12-14)23(17,21)22;/h8-10,12H,3-7,11,13H2,1-2H3,(H2,17,21,22)(H2,18,19,20);1H. The van der Waals surface area contributed by atoms with Crippen LogP contribution in [0.1, 0.15) is 45.1 Å². The van der Waals surface area contributed by atoms with Crippen molar-refractivity contribution in [2.75, 3.05) is 13.1 Å². The molecule has 0 fully saturated rings. The zero-order valence-electron chi connectivity index (χ0n) is 14.4. The summed E-state index contributed by atoms with van der Waals surface area (Å²) in [6.45, 7) is 6.25. The average Bonchev–Trinajstić information content (AvgIpc) is 2.52. The van der Waals surface area contributed by atoms with Crippen LogP contribution < -0.4 is 15.8 Å². The largest absolute Gasteiger partial charge is 0.357 e. The van der Waals surface area contributed by atoms with E-state index in [0.717, 1.165) is 31.0 Å². The van der Waals surface area contributed by atoms with Crippen molar-refractivity contribution in [2.24, 2.45) is 10.1 Å². The van der Waals surface area contributed by atoms with E-state index in [1.165, 1.54) is 25.3 Å². The number of benzene rings is 1. The Morgan fingerprint density at radius 3 is 2.54 bits per heavy atom. The number of nitrogens with one attached hydrogen (secondary N) is 2. The fourth-order valence-electron chi connectivity index (χ4n) is 2.09. The first-order chi connectivity index (χ1) is 11.0. The predicted octanol–water partition coefficient (Wildman–Crippen LogP) is 2.59. The second-order valence-corrected chi connectivity index (χ2v) is 6.94. The Bertz CT molecular complexity index is 606. The summed E-state index contributed by atoms with van der Waals surface area (Å²) >= 11 is 0. The molecule has 0 atom stereocenters. The van der Waals surface area contributed by atoms with E-state index < -0.39 is 10.0 Å². The lowest BCUT2D eigenvalue weighted by molar-refractivity contribution is 0.597. The third-order valence-electron chi connectivity index (χ3n) is 3.31. The van der Waals surface area contributed by atoms with Crippen LogP contribution in [0.3, 0.4) is 0 Å². The van der Waals surface area contributed by atoms with E-state index in [4.69, 9.17) is 5.14 Å². The molecular formula is C16H29IN4O2S. The molecule has 0 aliphatic rings. The van der Waals surface area contributed by atoms with E-state index in [9.17, 15) is 8.42 Å². The highest BCUT2D eigenvalue weighted by molar-refractivity contribution is 14.0. The van der Waals surface area contributed by atoms with Gasteiger partial charge in [-0.05, 0) is 31.0 Å². The van der Waals surface area contributed by atoms with Gasteiger partial charge in [-0.1, -0.05) is 38.3 Å². The number of hydrogen-bond donors (Lipinski definition) is 3. The summed E-state index contributed by atoms with van der Waals surface area (Å²) in [4.78, 5) is 4.60. The van der Waals surface area contributed by atoms with Crippen LogP contribution in [-0.2, 0) is 16.6 Å². The smallest absolute Gasteiger partial charge is 0.238 e. The van der Waals surface area contributed by atoms with Crippen molar-refractivity contribution in [1.82, 2.24) is 10.6 Å². The molecule has 1 aromatic carbocycles. The molecule has 0 heterocycles. The Kier molecular flexibility index (Phi) is 12.0. The second-order valence-electron chi connectivity index (χ2n) is 5.38. The van der Waals surface area contributed by atoms with Crippen molar-refractivity contribution >= 4 is 40.0 Å². The fraction of sp³-hybridized carbons (Fsp3) is 0.562. The van der Waals surface area contributed by atoms with E-state index in [-0.39, 0.29) is 28.9 Å². The molecule has 0 spiro atoms. The van der Waals surface area contributed by atoms with Crippen LogP contribution in [0.4, 0.5) is 0 Å². The molecule has 0 aliphatic heterocycles. The van der Waals surface area contributed by atoms with Crippen molar-refractivity contribution in [3.8, 4) is 0 Å². The molecule has 0 saturated carbocycles. The number of rotatable bonds is 9. The number of unbranched alkanes of at least 4 members (excludes halogenated alkanes) is 3. The van der Waals surface area contributed by atoms with Gasteiger partial charge in [0.15, 0.2) is 5.96 Å². The number of sulfonamides is 1. The molecule has 24 heavy (non-hydrogen) atoms. The lowest BCUT2D eigenvalue weighted by Crippen LogP contribution is -2.37. The summed E-state index contributed by atoms with van der Waals surface area (Å²) < 4.78 is 22.7. The lowest BCUT2D eigenvalue weighted by Gasteiger charge is -2.11. The third kappa shape index (κ3) is 9.43. The maximum absolute atomic E-state index is 11.4. The Morgan fingerprint density at radius 1 is 1.17 bits per heavy atom. The molecule has 0 radical (unpaired) electrons. The molecule has 6 nitrogen and oxygen atoms in total. The van der Waals surface area contributed by atoms with Crippen LogP contribution in [0.2, 0.25) is 0 Å². The van der Waals surface area contributed by atoms with Crippen LogP contribution in [0.5, 0.6) is 0 Å². The van der Waals surface area contributed by atoms with Crippen LogP contribution in [0, 0.1) is 0 Å². The third-order valence-corrected chi connectivity index (χ3v) is 4.22. The lowest BCUT2D eigenvalue weighted by atomic mass is 10.2. The van der Waals surface area contributed by atoms with E-state index in [1.807, 2.05) is 13.0 Å². The SMILES string of the molecule is CCCCCCNC(=NCc1cccc(S(N)(=O)=O)c1)NCC.I. The molecule has 0 saturated heterocycles. The minimum atomic E-state index is -3.68. The van der Waals surface area contributed by atoms with Crippen molar-refractivity contribution in [2.45, 2.75) is 51.0 Å². The molecule has 138 valence electrons. The van der Waals surface area contributed by atoms with Gasteiger partial charge in [0, 0.05) is 13.1 Å². The molecule has 0 bridgehead atoms. The van der Waals surface area contributed by atoms with Crippen molar-refractivity contribution in [3.05, 3.63) is 29.8 Å². The molecule has 0 aliphatic carbocycles. The first kappa shape index (κ1) is 23.1. The molecule has 1 aromatic rings. The normalized spacial score (nSPS) is 11.7. The monoisotopic (exact) mass is 468 g/mol. The first-order valence-electron chi connectivity index (χ1n) is 8.11. The van der Waals surface area contributed by atoms with E-state index >= 15 is 0 Å². The van der Waals surface area contributed by atoms with E-state index in [1.54, 1.807) is 12.1 Å². The molecule has 0 unspecified atom stereocenters. The van der Waals surface area contributed by atoms with Crippen LogP contribution >= 0.6 is 24.0 Å². The van der Waals surface area contributed by atoms with Crippen LogP contribution in [0.25, 0.3) is 0 Å². The van der Waals surface area contributed by atoms with Gasteiger partial charge in [-0.25, -0.2) is 18.5 Å². The maximum Gasteiger partial charge on any atom is 0.238 e. The Labute approximate surface area is 162 Å². The van der Waals surface area contributed by atoms with Gasteiger partial charge < -0.3 is 10.6 Å². The molecule has 1 rings (SSSR count). The highest BCUT2D eigenvalue weighted by Crippen LogP contribution is 2.10. The minimum Gasteiger partial charge on any atom is -0.357 e. The number of hydrogen-bond acceptors (Lipinski definition) is 3. The van der Waals surface area contributed by atoms with Gasteiger partial charge in [-0.15, -0.1) is 24.0 Å². The molecule has 0 amide bonds. The highest BCUT2D eigenvalue weighted by atomic mass is 127. The summed E-state index contributed by atoms with van der Waals surface area (Å²) in [6, 6.07) is 6.56. The highest BCUT2D eigenvalue weighted by Gasteiger charge is 2.07. The van der Waals surface area contributed by atoms with Crippen molar-refractivity contribution in [1.29, 1.82) is 0 Å². The van der Waals surface area contributed by atoms with Gasteiger partial charge in [0.1, 0.15) is 0 Å². The predicted molar refractivity (Wildman–Crippen MR) is 110 cm³/mol. The molecule has 8 heteroatoms. The number of aliphatic imine (C=N–C) groups is 1. The minimum absolute atomic E-state index is 0. The van der Waals surface area contributed by atoms with Gasteiger partial charge >= 0.3 is 0 Å². The van der Waals surface area contributed by atoms with Gasteiger partial charge in [0.25, 0.3) is 0 Å². The zero-order valence-corrected chi connectivity index (χ0v) is 17.6. The van der Waals surface area contributed by atoms with E-state index in [2.05, 4.69) is 22.5 Å². The number of primary sulfonamides is 1.